The molecule has 0 spiro atoms. The minimum Gasteiger partial charge on any atom is -0.329 e. The van der Waals surface area contributed by atoms with Crippen molar-refractivity contribution in [2.75, 3.05) is 25.4 Å². The molecule has 2 unspecified atom stereocenters. The molecule has 2 N–H and O–H groups in total. The molecule has 0 aromatic heterocycles. The summed E-state index contributed by atoms with van der Waals surface area (Å²) < 4.78 is 25.6. The highest BCUT2D eigenvalue weighted by Crippen LogP contribution is 2.24. The molecule has 0 aromatic carbocycles. The lowest BCUT2D eigenvalue weighted by Crippen LogP contribution is -2.47. The van der Waals surface area contributed by atoms with Gasteiger partial charge in [-0.25, -0.2) is 8.42 Å². The van der Waals surface area contributed by atoms with Gasteiger partial charge in [0.25, 0.3) is 0 Å². The summed E-state index contributed by atoms with van der Waals surface area (Å²) in [6.07, 6.45) is 1.02. The lowest BCUT2D eigenvalue weighted by atomic mass is 10.3. The third-order valence-corrected chi connectivity index (χ3v) is 6.39. The molecular weight excluding hydrogens is 232 g/mol. The highest BCUT2D eigenvalue weighted by atomic mass is 32.2. The summed E-state index contributed by atoms with van der Waals surface area (Å²) in [5.74, 6) is 0.898. The molecule has 1 heterocycles. The van der Waals surface area contributed by atoms with E-state index in [1.54, 1.807) is 11.2 Å². The van der Waals surface area contributed by atoms with Crippen LogP contribution in [-0.4, -0.2) is 48.6 Å². The average molecular weight is 252 g/mol. The summed E-state index contributed by atoms with van der Waals surface area (Å²) in [6, 6.07) is 0. The molecule has 0 amide bonds. The van der Waals surface area contributed by atoms with Crippen LogP contribution in [0.2, 0.25) is 0 Å². The number of sulfonamides is 1. The summed E-state index contributed by atoms with van der Waals surface area (Å²) in [6.45, 7) is 5.25. The summed E-state index contributed by atoms with van der Waals surface area (Å²) in [7, 11) is -3.16. The van der Waals surface area contributed by atoms with Crippen molar-refractivity contribution in [2.24, 2.45) is 5.73 Å². The van der Waals surface area contributed by atoms with Crippen molar-refractivity contribution < 1.29 is 8.42 Å². The molecule has 1 aliphatic rings. The van der Waals surface area contributed by atoms with Gasteiger partial charge in [-0.2, -0.15) is 16.1 Å². The van der Waals surface area contributed by atoms with Crippen molar-refractivity contribution in [1.29, 1.82) is 0 Å². The van der Waals surface area contributed by atoms with Crippen LogP contribution in [0.25, 0.3) is 0 Å². The van der Waals surface area contributed by atoms with E-state index in [-0.39, 0.29) is 6.54 Å². The van der Waals surface area contributed by atoms with E-state index in [1.165, 1.54) is 0 Å². The molecule has 4 nitrogen and oxygen atoms in total. The molecular formula is C9H20N2O2S2. The van der Waals surface area contributed by atoms with Gasteiger partial charge >= 0.3 is 0 Å². The van der Waals surface area contributed by atoms with Gasteiger partial charge in [0.2, 0.25) is 10.0 Å². The standard InChI is InChI=1S/C9H20N2O2S2/c1-3-9-7-11(4-5-14-9)15(12,13)8(2)6-10/h8-9H,3-7,10H2,1-2H3. The molecule has 0 aromatic rings. The van der Waals surface area contributed by atoms with Crippen molar-refractivity contribution in [3.05, 3.63) is 0 Å². The van der Waals surface area contributed by atoms with Gasteiger partial charge in [0.05, 0.1) is 5.25 Å². The second-order valence-electron chi connectivity index (χ2n) is 3.85. The van der Waals surface area contributed by atoms with Gasteiger partial charge in [-0.1, -0.05) is 6.92 Å². The Kier molecular flexibility index (Phi) is 4.89. The molecule has 0 aliphatic carbocycles. The van der Waals surface area contributed by atoms with Gasteiger partial charge in [0.15, 0.2) is 0 Å². The first-order chi connectivity index (χ1) is 7.02. The Labute approximate surface area is 96.6 Å². The second kappa shape index (κ2) is 5.52. The average Bonchev–Trinajstić information content (AvgIpc) is 2.27. The Morgan fingerprint density at radius 1 is 1.60 bits per heavy atom. The second-order valence-corrected chi connectivity index (χ2v) is 7.61. The summed E-state index contributed by atoms with van der Waals surface area (Å²) in [5, 5.41) is -0.0170. The lowest BCUT2D eigenvalue weighted by Gasteiger charge is -2.32. The molecule has 1 saturated heterocycles. The van der Waals surface area contributed by atoms with E-state index >= 15 is 0 Å². The topological polar surface area (TPSA) is 63.4 Å². The van der Waals surface area contributed by atoms with Gasteiger partial charge in [0.1, 0.15) is 0 Å². The smallest absolute Gasteiger partial charge is 0.218 e. The van der Waals surface area contributed by atoms with Crippen molar-refractivity contribution in [2.45, 2.75) is 30.8 Å². The van der Waals surface area contributed by atoms with Gasteiger partial charge in [-0.05, 0) is 13.3 Å². The number of rotatable bonds is 4. The van der Waals surface area contributed by atoms with Crippen LogP contribution in [0.4, 0.5) is 0 Å². The molecule has 6 heteroatoms. The first kappa shape index (κ1) is 13.3. The Hall–Kier alpha value is 0.220. The van der Waals surface area contributed by atoms with Crippen molar-refractivity contribution in [3.63, 3.8) is 0 Å². The van der Waals surface area contributed by atoms with E-state index < -0.39 is 15.3 Å². The maximum atomic E-state index is 12.0. The minimum atomic E-state index is -3.16. The van der Waals surface area contributed by atoms with E-state index in [4.69, 9.17) is 5.73 Å². The maximum Gasteiger partial charge on any atom is 0.218 e. The molecule has 2 atom stereocenters. The Bertz CT molecular complexity index is 292. The van der Waals surface area contributed by atoms with E-state index in [0.717, 1.165) is 12.2 Å². The molecule has 1 fully saturated rings. The molecule has 0 bridgehead atoms. The summed E-state index contributed by atoms with van der Waals surface area (Å²) in [4.78, 5) is 0. The van der Waals surface area contributed by atoms with Crippen LogP contribution >= 0.6 is 11.8 Å². The highest BCUT2D eigenvalue weighted by Gasteiger charge is 2.31. The zero-order valence-corrected chi connectivity index (χ0v) is 11.0. The van der Waals surface area contributed by atoms with Crippen LogP contribution in [-0.2, 0) is 10.0 Å². The number of nitrogens with zero attached hydrogens (tertiary/aromatic N) is 1. The normalized spacial score (nSPS) is 26.5. The van der Waals surface area contributed by atoms with Gasteiger partial charge in [0, 0.05) is 30.6 Å². The zero-order valence-electron chi connectivity index (χ0n) is 9.35. The fraction of sp³-hybridized carbons (Fsp3) is 1.00. The van der Waals surface area contributed by atoms with Crippen LogP contribution in [0, 0.1) is 0 Å². The minimum absolute atomic E-state index is 0.197. The van der Waals surface area contributed by atoms with E-state index in [9.17, 15) is 8.42 Å². The quantitative estimate of drug-likeness (QED) is 0.791. The van der Waals surface area contributed by atoms with Crippen LogP contribution in [0.5, 0.6) is 0 Å². The number of thioether (sulfide) groups is 1. The van der Waals surface area contributed by atoms with Gasteiger partial charge < -0.3 is 5.73 Å². The summed E-state index contributed by atoms with van der Waals surface area (Å²) >= 11 is 1.87. The van der Waals surface area contributed by atoms with Crippen molar-refractivity contribution in [1.82, 2.24) is 4.31 Å². The number of hydrogen-bond acceptors (Lipinski definition) is 4. The van der Waals surface area contributed by atoms with Gasteiger partial charge in [-0.15, -0.1) is 0 Å². The summed E-state index contributed by atoms with van der Waals surface area (Å²) in [5.41, 5.74) is 5.42. The van der Waals surface area contributed by atoms with Crippen molar-refractivity contribution >= 4 is 21.8 Å². The number of nitrogens with two attached hydrogens (primary N) is 1. The predicted molar refractivity (Wildman–Crippen MR) is 65.5 cm³/mol. The fourth-order valence-corrected chi connectivity index (χ4v) is 4.42. The Morgan fingerprint density at radius 3 is 2.80 bits per heavy atom. The van der Waals surface area contributed by atoms with E-state index in [1.807, 2.05) is 11.8 Å². The third kappa shape index (κ3) is 3.09. The van der Waals surface area contributed by atoms with Crippen LogP contribution in [0.1, 0.15) is 20.3 Å². The molecule has 15 heavy (non-hydrogen) atoms. The van der Waals surface area contributed by atoms with Crippen LogP contribution < -0.4 is 5.73 Å². The molecule has 90 valence electrons. The zero-order chi connectivity index (χ0) is 11.5. The third-order valence-electron chi connectivity index (χ3n) is 2.76. The Balaban J connectivity index is 2.70. The van der Waals surface area contributed by atoms with Gasteiger partial charge in [-0.3, -0.25) is 0 Å². The highest BCUT2D eigenvalue weighted by molar-refractivity contribution is 8.00. The fourth-order valence-electron chi connectivity index (χ4n) is 1.55. The molecule has 1 rings (SSSR count). The monoisotopic (exact) mass is 252 g/mol. The lowest BCUT2D eigenvalue weighted by molar-refractivity contribution is 0.410. The first-order valence-electron chi connectivity index (χ1n) is 5.33. The molecule has 1 aliphatic heterocycles. The Morgan fingerprint density at radius 2 is 2.27 bits per heavy atom. The molecule has 0 saturated carbocycles. The van der Waals surface area contributed by atoms with Crippen molar-refractivity contribution in [3.8, 4) is 0 Å². The SMILES string of the molecule is CCC1CN(S(=O)(=O)C(C)CN)CCS1. The van der Waals surface area contributed by atoms with E-state index in [2.05, 4.69) is 6.92 Å². The number of hydrogen-bond donors (Lipinski definition) is 1. The first-order valence-corrected chi connectivity index (χ1v) is 7.88. The van der Waals surface area contributed by atoms with Crippen LogP contribution in [0.15, 0.2) is 0 Å². The largest absolute Gasteiger partial charge is 0.329 e. The van der Waals surface area contributed by atoms with E-state index in [0.29, 0.717) is 18.3 Å². The molecule has 0 radical (unpaired) electrons. The maximum absolute atomic E-state index is 12.0. The van der Waals surface area contributed by atoms with Crippen LogP contribution in [0.3, 0.4) is 0 Å². The predicted octanol–water partition coefficient (Wildman–Crippen LogP) is 0.491.